The molecule has 0 spiro atoms. The maximum Gasteiger partial charge on any atom is 0.411 e. The summed E-state index contributed by atoms with van der Waals surface area (Å²) in [6, 6.07) is 6.18. The van der Waals surface area contributed by atoms with Gasteiger partial charge in [0.05, 0.1) is 19.0 Å². The average molecular weight is 348 g/mol. The fourth-order valence-corrected chi connectivity index (χ4v) is 3.74. The van der Waals surface area contributed by atoms with Gasteiger partial charge in [-0.05, 0) is 18.2 Å². The third kappa shape index (κ3) is 4.06. The Kier molecular flexibility index (Phi) is 4.66. The number of aromatic nitrogens is 1. The number of sulfonamides is 1. The summed E-state index contributed by atoms with van der Waals surface area (Å²) < 4.78 is 31.1. The van der Waals surface area contributed by atoms with Gasteiger partial charge < -0.3 is 4.74 Å². The number of hydrogen-bond acceptors (Lipinski definition) is 6. The molecule has 0 aliphatic heterocycles. The van der Waals surface area contributed by atoms with Crippen molar-refractivity contribution in [3.05, 3.63) is 34.9 Å². The summed E-state index contributed by atoms with van der Waals surface area (Å²) >= 11 is 6.47. The van der Waals surface area contributed by atoms with E-state index in [-0.39, 0.29) is 14.4 Å². The van der Waals surface area contributed by atoms with Gasteiger partial charge in [0.25, 0.3) is 10.0 Å². The Hall–Kier alpha value is -1.84. The minimum absolute atomic E-state index is 0.00108. The third-order valence-electron chi connectivity index (χ3n) is 2.27. The highest BCUT2D eigenvalue weighted by molar-refractivity contribution is 7.94. The zero-order valence-corrected chi connectivity index (χ0v) is 13.1. The predicted molar refractivity (Wildman–Crippen MR) is 80.4 cm³/mol. The van der Waals surface area contributed by atoms with Crippen LogP contribution in [-0.2, 0) is 14.8 Å². The minimum atomic E-state index is -3.77. The average Bonchev–Trinajstić information content (AvgIpc) is 2.86. The maximum absolute atomic E-state index is 12.1. The van der Waals surface area contributed by atoms with Gasteiger partial charge in [0, 0.05) is 5.69 Å². The summed E-state index contributed by atoms with van der Waals surface area (Å²) in [4.78, 5) is 14.8. The summed E-state index contributed by atoms with van der Waals surface area (Å²) in [5.41, 5.74) is 0.679. The Balaban J connectivity index is 2.19. The molecule has 0 saturated carbocycles. The summed E-state index contributed by atoms with van der Waals surface area (Å²) in [5, 5.41) is 2.43. The van der Waals surface area contributed by atoms with E-state index < -0.39 is 16.1 Å². The van der Waals surface area contributed by atoms with Crippen LogP contribution < -0.4 is 10.0 Å². The lowest BCUT2D eigenvalue weighted by atomic mass is 10.3. The van der Waals surface area contributed by atoms with Gasteiger partial charge in [-0.1, -0.05) is 29.0 Å². The van der Waals surface area contributed by atoms with Crippen LogP contribution in [0.2, 0.25) is 4.47 Å². The second kappa shape index (κ2) is 6.29. The molecule has 21 heavy (non-hydrogen) atoms. The van der Waals surface area contributed by atoms with Crippen LogP contribution in [0.4, 0.5) is 16.2 Å². The lowest BCUT2D eigenvalue weighted by Gasteiger charge is -2.08. The molecular formula is C11H10ClN3O4S2. The Morgan fingerprint density at radius 2 is 2.10 bits per heavy atom. The quantitative estimate of drug-likeness (QED) is 0.886. The molecule has 2 N–H and O–H groups in total. The lowest BCUT2D eigenvalue weighted by Crippen LogP contribution is -2.13. The molecule has 1 aromatic carbocycles. The Morgan fingerprint density at radius 3 is 2.71 bits per heavy atom. The first-order valence-corrected chi connectivity index (χ1v) is 8.17. The normalized spacial score (nSPS) is 11.0. The van der Waals surface area contributed by atoms with Gasteiger partial charge in [0.15, 0.2) is 8.68 Å². The van der Waals surface area contributed by atoms with Crippen LogP contribution in [0.25, 0.3) is 0 Å². The number of carbonyl (C=O) groups is 1. The van der Waals surface area contributed by atoms with Crippen molar-refractivity contribution in [3.8, 4) is 0 Å². The zero-order chi connectivity index (χ0) is 15.5. The van der Waals surface area contributed by atoms with Gasteiger partial charge in [0.1, 0.15) is 0 Å². The zero-order valence-electron chi connectivity index (χ0n) is 10.7. The molecule has 0 atom stereocenters. The van der Waals surface area contributed by atoms with E-state index in [0.717, 1.165) is 11.3 Å². The highest BCUT2D eigenvalue weighted by Crippen LogP contribution is 2.25. The van der Waals surface area contributed by atoms with Crippen molar-refractivity contribution in [1.82, 2.24) is 4.98 Å². The van der Waals surface area contributed by atoms with Crippen molar-refractivity contribution in [2.24, 2.45) is 0 Å². The Labute approximate surface area is 130 Å². The van der Waals surface area contributed by atoms with Crippen LogP contribution in [0, 0.1) is 0 Å². The topological polar surface area (TPSA) is 97.4 Å². The molecule has 1 amide bonds. The number of hydrogen-bond donors (Lipinski definition) is 2. The van der Waals surface area contributed by atoms with Gasteiger partial charge in [-0.15, -0.1) is 0 Å². The van der Waals surface area contributed by atoms with Gasteiger partial charge in [-0.3, -0.25) is 10.0 Å². The molecular weight excluding hydrogens is 338 g/mol. The highest BCUT2D eigenvalue weighted by Gasteiger charge is 2.17. The standard InChI is InChI=1S/C11H10ClN3O4S2/c1-19-11(16)14-7-3-2-4-8(5-7)15-21(17,18)9-6-13-10(12)20-9/h2-6,15H,1H3,(H,14,16). The van der Waals surface area contributed by atoms with Gasteiger partial charge >= 0.3 is 6.09 Å². The third-order valence-corrected chi connectivity index (χ3v) is 5.23. The number of nitrogens with one attached hydrogen (secondary N) is 2. The van der Waals surface area contributed by atoms with Crippen LogP contribution in [0.3, 0.4) is 0 Å². The lowest BCUT2D eigenvalue weighted by molar-refractivity contribution is 0.187. The maximum atomic E-state index is 12.1. The molecule has 0 bridgehead atoms. The van der Waals surface area contributed by atoms with E-state index in [2.05, 4.69) is 19.8 Å². The smallest absolute Gasteiger partial charge is 0.411 e. The second-order valence-electron chi connectivity index (χ2n) is 3.74. The summed E-state index contributed by atoms with van der Waals surface area (Å²) in [5.74, 6) is 0. The number of benzene rings is 1. The van der Waals surface area contributed by atoms with Crippen LogP contribution in [-0.4, -0.2) is 26.6 Å². The first-order chi connectivity index (χ1) is 9.90. The second-order valence-corrected chi connectivity index (χ2v) is 7.26. The molecule has 0 aliphatic rings. The molecule has 112 valence electrons. The summed E-state index contributed by atoms with van der Waals surface area (Å²) in [6.45, 7) is 0. The van der Waals surface area contributed by atoms with Crippen molar-refractivity contribution in [2.45, 2.75) is 4.21 Å². The molecule has 0 fully saturated rings. The van der Waals surface area contributed by atoms with E-state index in [1.54, 1.807) is 18.2 Å². The fourth-order valence-electron chi connectivity index (χ4n) is 1.40. The van der Waals surface area contributed by atoms with E-state index >= 15 is 0 Å². The number of nitrogens with zero attached hydrogens (tertiary/aromatic N) is 1. The number of rotatable bonds is 4. The van der Waals surface area contributed by atoms with Crippen LogP contribution in [0.15, 0.2) is 34.7 Å². The molecule has 1 heterocycles. The van der Waals surface area contributed by atoms with Gasteiger partial charge in [-0.2, -0.15) is 0 Å². The molecule has 0 radical (unpaired) electrons. The molecule has 0 aliphatic carbocycles. The number of ether oxygens (including phenoxy) is 1. The number of methoxy groups -OCH3 is 1. The number of carbonyl (C=O) groups excluding carboxylic acids is 1. The van der Waals surface area contributed by atoms with Gasteiger partial charge in [0.2, 0.25) is 0 Å². The molecule has 0 saturated heterocycles. The van der Waals surface area contributed by atoms with E-state index in [9.17, 15) is 13.2 Å². The van der Waals surface area contributed by atoms with E-state index in [1.807, 2.05) is 0 Å². The van der Waals surface area contributed by atoms with E-state index in [4.69, 9.17) is 11.6 Å². The monoisotopic (exact) mass is 347 g/mol. The highest BCUT2D eigenvalue weighted by atomic mass is 35.5. The van der Waals surface area contributed by atoms with Crippen LogP contribution >= 0.6 is 22.9 Å². The van der Waals surface area contributed by atoms with Crippen molar-refractivity contribution in [3.63, 3.8) is 0 Å². The SMILES string of the molecule is COC(=O)Nc1cccc(NS(=O)(=O)c2cnc(Cl)s2)c1. The van der Waals surface area contributed by atoms with Crippen molar-refractivity contribution in [1.29, 1.82) is 0 Å². The predicted octanol–water partition coefficient (Wildman–Crippen LogP) is 2.78. The number of thiazole rings is 1. The number of halogens is 1. The van der Waals surface area contributed by atoms with E-state index in [1.165, 1.54) is 19.4 Å². The van der Waals surface area contributed by atoms with Gasteiger partial charge in [-0.25, -0.2) is 18.2 Å². The molecule has 7 nitrogen and oxygen atoms in total. The molecule has 2 rings (SSSR count). The van der Waals surface area contributed by atoms with Crippen LogP contribution in [0.1, 0.15) is 0 Å². The van der Waals surface area contributed by atoms with Crippen molar-refractivity contribution in [2.75, 3.05) is 17.1 Å². The molecule has 10 heteroatoms. The number of amides is 1. The van der Waals surface area contributed by atoms with Crippen LogP contribution in [0.5, 0.6) is 0 Å². The van der Waals surface area contributed by atoms with Crippen molar-refractivity contribution >= 4 is 50.4 Å². The molecule has 0 unspecified atom stereocenters. The fraction of sp³-hybridized carbons (Fsp3) is 0.0909. The Morgan fingerprint density at radius 1 is 1.38 bits per heavy atom. The summed E-state index contributed by atoms with van der Waals surface area (Å²) in [6.07, 6.45) is 0.524. The first kappa shape index (κ1) is 15.5. The number of anilines is 2. The molecule has 1 aromatic heterocycles. The first-order valence-electron chi connectivity index (χ1n) is 5.50. The Bertz CT molecular complexity index is 760. The molecule has 2 aromatic rings. The van der Waals surface area contributed by atoms with Crippen molar-refractivity contribution < 1.29 is 17.9 Å². The summed E-state index contributed by atoms with van der Waals surface area (Å²) in [7, 11) is -2.53. The van der Waals surface area contributed by atoms with E-state index in [0.29, 0.717) is 5.69 Å². The largest absolute Gasteiger partial charge is 0.453 e. The minimum Gasteiger partial charge on any atom is -0.453 e.